The molecule has 0 spiro atoms. The van der Waals surface area contributed by atoms with Crippen molar-refractivity contribution in [3.8, 4) is 17.2 Å². The molecule has 2 aromatic rings. The van der Waals surface area contributed by atoms with E-state index in [1.807, 2.05) is 0 Å². The van der Waals surface area contributed by atoms with Crippen LogP contribution >= 0.6 is 0 Å². The van der Waals surface area contributed by atoms with E-state index in [0.717, 1.165) is 0 Å². The smallest absolute Gasteiger partial charge is 0.341 e. The molecular weight excluding hydrogens is 342 g/mol. The van der Waals surface area contributed by atoms with Crippen molar-refractivity contribution >= 4 is 11.9 Å². The molecular formula is C18H17NO7. The van der Waals surface area contributed by atoms with Gasteiger partial charge < -0.3 is 24.3 Å². The number of nitrogens with one attached hydrogen (secondary N) is 1. The normalized spacial score (nSPS) is 15.8. The minimum atomic E-state index is -1.11. The first-order valence-electron chi connectivity index (χ1n) is 7.86. The Morgan fingerprint density at radius 3 is 2.77 bits per heavy atom. The number of hydrogen-bond acceptors (Lipinski definition) is 6. The summed E-state index contributed by atoms with van der Waals surface area (Å²) in [7, 11) is 1.42. The maximum Gasteiger partial charge on any atom is 0.341 e. The summed E-state index contributed by atoms with van der Waals surface area (Å²) >= 11 is 0. The van der Waals surface area contributed by atoms with Crippen LogP contribution in [0.15, 0.2) is 29.1 Å². The van der Waals surface area contributed by atoms with Crippen LogP contribution in [0.1, 0.15) is 29.2 Å². The fourth-order valence-electron chi connectivity index (χ4n) is 2.96. The van der Waals surface area contributed by atoms with E-state index < -0.39 is 24.5 Å². The van der Waals surface area contributed by atoms with Gasteiger partial charge in [0.05, 0.1) is 19.1 Å². The number of aryl methyl sites for hydroxylation is 1. The van der Waals surface area contributed by atoms with Gasteiger partial charge in [-0.05, 0) is 24.6 Å². The largest absolute Gasteiger partial charge is 0.493 e. The second-order valence-corrected chi connectivity index (χ2v) is 5.88. The van der Waals surface area contributed by atoms with Gasteiger partial charge in [0.15, 0.2) is 18.1 Å². The topological polar surface area (TPSA) is 115 Å². The first kappa shape index (κ1) is 17.5. The van der Waals surface area contributed by atoms with Crippen molar-refractivity contribution in [1.29, 1.82) is 0 Å². The van der Waals surface area contributed by atoms with Crippen LogP contribution in [0.4, 0.5) is 0 Å². The highest BCUT2D eigenvalue weighted by molar-refractivity contribution is 5.77. The number of carbonyl (C=O) groups excluding carboxylic acids is 1. The predicted molar refractivity (Wildman–Crippen MR) is 90.0 cm³/mol. The highest BCUT2D eigenvalue weighted by Gasteiger charge is 2.32. The van der Waals surface area contributed by atoms with Gasteiger partial charge >= 0.3 is 11.9 Å². The molecule has 0 radical (unpaired) electrons. The number of aliphatic carboxylic acids is 1. The summed E-state index contributed by atoms with van der Waals surface area (Å²) in [5.41, 5.74) is 1.31. The number of ether oxygens (including phenoxy) is 3. The van der Waals surface area contributed by atoms with E-state index in [1.165, 1.54) is 7.11 Å². The van der Waals surface area contributed by atoms with Gasteiger partial charge in [0.25, 0.3) is 5.56 Å². The minimum Gasteiger partial charge on any atom is -0.493 e. The molecule has 8 heteroatoms. The molecule has 1 aromatic heterocycles. The number of carboxylic acids is 1. The lowest BCUT2D eigenvalue weighted by Gasteiger charge is -2.24. The van der Waals surface area contributed by atoms with Crippen molar-refractivity contribution in [3.05, 3.63) is 51.4 Å². The molecule has 0 amide bonds. The van der Waals surface area contributed by atoms with Gasteiger partial charge in [0, 0.05) is 17.7 Å². The summed E-state index contributed by atoms with van der Waals surface area (Å²) in [5.74, 6) is -1.22. The fraction of sp³-hybridized carbons (Fsp3) is 0.278. The Bertz CT molecular complexity index is 932. The number of esters is 1. The third kappa shape index (κ3) is 3.39. The van der Waals surface area contributed by atoms with E-state index >= 15 is 0 Å². The third-order valence-corrected chi connectivity index (χ3v) is 4.05. The van der Waals surface area contributed by atoms with Crippen LogP contribution in [0.2, 0.25) is 0 Å². The Morgan fingerprint density at radius 2 is 2.08 bits per heavy atom. The molecule has 0 saturated carbocycles. The van der Waals surface area contributed by atoms with Crippen LogP contribution in [0.5, 0.6) is 17.2 Å². The van der Waals surface area contributed by atoms with Gasteiger partial charge in [-0.15, -0.1) is 0 Å². The number of carboxylic acid groups (broad SMARTS) is 1. The van der Waals surface area contributed by atoms with Crippen LogP contribution in [-0.2, 0) is 9.59 Å². The minimum absolute atomic E-state index is 0.0115. The van der Waals surface area contributed by atoms with Gasteiger partial charge in [-0.2, -0.15) is 0 Å². The second-order valence-electron chi connectivity index (χ2n) is 5.88. The van der Waals surface area contributed by atoms with Crippen LogP contribution in [0, 0.1) is 6.92 Å². The number of rotatable bonds is 5. The van der Waals surface area contributed by atoms with E-state index in [9.17, 15) is 14.4 Å². The number of carbonyl (C=O) groups is 2. The lowest BCUT2D eigenvalue weighted by molar-refractivity contribution is -0.139. The zero-order valence-corrected chi connectivity index (χ0v) is 14.2. The second kappa shape index (κ2) is 6.91. The molecule has 8 nitrogen and oxygen atoms in total. The number of aromatic amines is 1. The molecule has 2 N–H and O–H groups in total. The average molecular weight is 359 g/mol. The molecule has 1 unspecified atom stereocenters. The summed E-state index contributed by atoms with van der Waals surface area (Å²) in [6.45, 7) is 1.20. The SMILES string of the molecule is COc1cc(C2CC(=O)Oc3cc(C)[nH]c(=O)c32)ccc1OCC(=O)O. The molecule has 1 aliphatic heterocycles. The van der Waals surface area contributed by atoms with E-state index in [0.29, 0.717) is 22.6 Å². The van der Waals surface area contributed by atoms with Crippen LogP contribution < -0.4 is 19.8 Å². The first-order chi connectivity index (χ1) is 12.4. The van der Waals surface area contributed by atoms with Gasteiger partial charge in [-0.25, -0.2) is 4.79 Å². The molecule has 136 valence electrons. The van der Waals surface area contributed by atoms with E-state index in [-0.39, 0.29) is 23.5 Å². The molecule has 26 heavy (non-hydrogen) atoms. The molecule has 1 aliphatic rings. The highest BCUT2D eigenvalue weighted by atomic mass is 16.5. The lowest BCUT2D eigenvalue weighted by Crippen LogP contribution is -2.28. The summed E-state index contributed by atoms with van der Waals surface area (Å²) in [6.07, 6.45) is 0.0115. The zero-order valence-electron chi connectivity index (χ0n) is 14.2. The van der Waals surface area contributed by atoms with Crippen LogP contribution in [0.3, 0.4) is 0 Å². The number of aromatic nitrogens is 1. The Hall–Kier alpha value is -3.29. The standard InChI is InChI=1S/C18H17NO7/c1-9-5-14-17(18(23)19-9)11(7-16(22)26-14)10-3-4-12(13(6-10)24-2)25-8-15(20)21/h3-6,11H,7-8H2,1-2H3,(H,19,23)(H,20,21). The maximum atomic E-state index is 12.4. The zero-order chi connectivity index (χ0) is 18.8. The highest BCUT2D eigenvalue weighted by Crippen LogP contribution is 2.39. The van der Waals surface area contributed by atoms with Crippen LogP contribution in [0.25, 0.3) is 0 Å². The Labute approximate surface area is 148 Å². The van der Waals surface area contributed by atoms with E-state index in [1.54, 1.807) is 31.2 Å². The predicted octanol–water partition coefficient (Wildman–Crippen LogP) is 1.60. The third-order valence-electron chi connectivity index (χ3n) is 4.05. The molecule has 3 rings (SSSR count). The molecule has 2 heterocycles. The monoisotopic (exact) mass is 359 g/mol. The molecule has 0 fully saturated rings. The Kier molecular flexibility index (Phi) is 4.66. The van der Waals surface area contributed by atoms with Crippen molar-refractivity contribution in [2.75, 3.05) is 13.7 Å². The number of methoxy groups -OCH3 is 1. The average Bonchev–Trinajstić information content (AvgIpc) is 2.58. The van der Waals surface area contributed by atoms with E-state index in [4.69, 9.17) is 19.3 Å². The van der Waals surface area contributed by atoms with E-state index in [2.05, 4.69) is 4.98 Å². The van der Waals surface area contributed by atoms with Crippen molar-refractivity contribution in [1.82, 2.24) is 4.98 Å². The summed E-state index contributed by atoms with van der Waals surface area (Å²) in [6, 6.07) is 6.47. The maximum absolute atomic E-state index is 12.4. The van der Waals surface area contributed by atoms with Gasteiger partial charge in [0.2, 0.25) is 0 Å². The molecule has 0 bridgehead atoms. The number of fused-ring (bicyclic) bond motifs is 1. The molecule has 1 aromatic carbocycles. The van der Waals surface area contributed by atoms with Gasteiger partial charge in [0.1, 0.15) is 5.75 Å². The van der Waals surface area contributed by atoms with Crippen molar-refractivity contribution < 1.29 is 28.9 Å². The Balaban J connectivity index is 2.03. The van der Waals surface area contributed by atoms with Gasteiger partial charge in [-0.1, -0.05) is 6.07 Å². The summed E-state index contributed by atoms with van der Waals surface area (Å²) in [5, 5.41) is 8.73. The van der Waals surface area contributed by atoms with Crippen molar-refractivity contribution in [2.24, 2.45) is 0 Å². The molecule has 1 atom stereocenters. The number of hydrogen-bond donors (Lipinski definition) is 2. The Morgan fingerprint density at radius 1 is 1.31 bits per heavy atom. The van der Waals surface area contributed by atoms with Gasteiger partial charge in [-0.3, -0.25) is 9.59 Å². The quantitative estimate of drug-likeness (QED) is 0.779. The summed E-state index contributed by atoms with van der Waals surface area (Å²) < 4.78 is 15.6. The van der Waals surface area contributed by atoms with Crippen molar-refractivity contribution in [2.45, 2.75) is 19.3 Å². The number of pyridine rings is 1. The summed E-state index contributed by atoms with van der Waals surface area (Å²) in [4.78, 5) is 37.8. The molecule has 0 saturated heterocycles. The van der Waals surface area contributed by atoms with Crippen molar-refractivity contribution in [3.63, 3.8) is 0 Å². The fourth-order valence-corrected chi connectivity index (χ4v) is 2.96. The first-order valence-corrected chi connectivity index (χ1v) is 7.86. The number of H-pyrrole nitrogens is 1. The number of benzene rings is 1. The lowest BCUT2D eigenvalue weighted by atomic mass is 9.87. The molecule has 0 aliphatic carbocycles. The van der Waals surface area contributed by atoms with Crippen LogP contribution in [-0.4, -0.2) is 35.7 Å².